The molecule has 0 N–H and O–H groups in total. The first kappa shape index (κ1) is 16.5. The Labute approximate surface area is 141 Å². The Morgan fingerprint density at radius 1 is 1.21 bits per heavy atom. The summed E-state index contributed by atoms with van der Waals surface area (Å²) in [6, 6.07) is 12.0. The van der Waals surface area contributed by atoms with Gasteiger partial charge in [0.2, 0.25) is 0 Å². The van der Waals surface area contributed by atoms with E-state index in [1.54, 1.807) is 35.9 Å². The van der Waals surface area contributed by atoms with Crippen LogP contribution in [0.15, 0.2) is 58.4 Å². The van der Waals surface area contributed by atoms with Crippen LogP contribution in [0, 0.1) is 5.82 Å². The minimum Gasteiger partial charge on any atom is -0.319 e. The Balaban J connectivity index is 1.94. The Morgan fingerprint density at radius 3 is 2.62 bits per heavy atom. The fourth-order valence-corrected chi connectivity index (χ4v) is 4.42. The molecule has 1 aromatic heterocycles. The number of aromatic nitrogens is 1. The molecule has 0 atom stereocenters. The van der Waals surface area contributed by atoms with Gasteiger partial charge in [-0.05, 0) is 30.3 Å². The topological polar surface area (TPSA) is 68.5 Å². The molecule has 1 amide bonds. The number of hydrogen-bond acceptors (Lipinski definition) is 4. The maximum atomic E-state index is 13.3. The first-order valence-corrected chi connectivity index (χ1v) is 9.44. The van der Waals surface area contributed by atoms with Gasteiger partial charge in [0.15, 0.2) is 14.6 Å². The van der Waals surface area contributed by atoms with E-state index in [1.807, 2.05) is 0 Å². The second-order valence-corrected chi connectivity index (χ2v) is 8.13. The average Bonchev–Trinajstić information content (AvgIpc) is 2.83. The number of sulfone groups is 1. The summed E-state index contributed by atoms with van der Waals surface area (Å²) < 4.78 is 39.9. The van der Waals surface area contributed by atoms with E-state index < -0.39 is 21.5 Å². The fraction of sp³-hybridized carbons (Fsp3) is 0.125. The zero-order valence-electron chi connectivity index (χ0n) is 12.6. The molecule has 3 rings (SSSR count). The quantitative estimate of drug-likeness (QED) is 0.716. The number of hydrogen-bond donors (Lipinski definition) is 0. The van der Waals surface area contributed by atoms with Gasteiger partial charge in [0.05, 0.1) is 15.1 Å². The summed E-state index contributed by atoms with van der Waals surface area (Å²) in [6.45, 7) is 0. The smallest absolute Gasteiger partial charge is 0.263 e. The summed E-state index contributed by atoms with van der Waals surface area (Å²) in [5.41, 5.74) is 0.721. The third-order valence-electron chi connectivity index (χ3n) is 3.41. The molecular weight excluding hydrogens is 351 g/mol. The van der Waals surface area contributed by atoms with Crippen LogP contribution >= 0.6 is 11.3 Å². The summed E-state index contributed by atoms with van der Waals surface area (Å²) in [4.78, 5) is 16.4. The van der Waals surface area contributed by atoms with E-state index in [0.717, 1.165) is 16.9 Å². The normalized spacial score (nSPS) is 12.7. The molecule has 0 aliphatic carbocycles. The van der Waals surface area contributed by atoms with E-state index in [-0.39, 0.29) is 10.7 Å². The first-order valence-electron chi connectivity index (χ1n) is 6.97. The number of aryl methyl sites for hydroxylation is 1. The third-order valence-corrected chi connectivity index (χ3v) is 6.12. The molecule has 0 aliphatic rings. The fourth-order valence-electron chi connectivity index (χ4n) is 2.23. The molecule has 124 valence electrons. The van der Waals surface area contributed by atoms with Gasteiger partial charge >= 0.3 is 0 Å². The average molecular weight is 364 g/mol. The van der Waals surface area contributed by atoms with Crippen LogP contribution < -0.4 is 4.80 Å². The van der Waals surface area contributed by atoms with Gasteiger partial charge in [-0.3, -0.25) is 4.79 Å². The van der Waals surface area contributed by atoms with E-state index in [0.29, 0.717) is 9.50 Å². The number of carbonyl (C=O) groups excluding carboxylic acids is 1. The van der Waals surface area contributed by atoms with Gasteiger partial charge < -0.3 is 4.57 Å². The highest BCUT2D eigenvalue weighted by molar-refractivity contribution is 7.92. The molecule has 0 radical (unpaired) electrons. The van der Waals surface area contributed by atoms with Crippen molar-refractivity contribution in [3.05, 3.63) is 59.1 Å². The molecular formula is C16H13FN2O3S2. The van der Waals surface area contributed by atoms with Crippen molar-refractivity contribution in [2.24, 2.45) is 12.0 Å². The summed E-state index contributed by atoms with van der Waals surface area (Å²) >= 11 is 1.13. The predicted molar refractivity (Wildman–Crippen MR) is 89.8 cm³/mol. The molecule has 0 saturated heterocycles. The van der Waals surface area contributed by atoms with E-state index >= 15 is 0 Å². The Hall–Kier alpha value is -2.32. The number of nitrogens with zero attached hydrogens (tertiary/aromatic N) is 2. The van der Waals surface area contributed by atoms with Gasteiger partial charge in [0, 0.05) is 7.05 Å². The first-order chi connectivity index (χ1) is 11.4. The highest BCUT2D eigenvalue weighted by Gasteiger charge is 2.19. The maximum absolute atomic E-state index is 13.3. The van der Waals surface area contributed by atoms with Crippen molar-refractivity contribution in [1.29, 1.82) is 0 Å². The number of amides is 1. The van der Waals surface area contributed by atoms with Gasteiger partial charge in [0.25, 0.3) is 5.91 Å². The molecule has 3 aromatic rings. The minimum absolute atomic E-state index is 0.0799. The third kappa shape index (κ3) is 3.29. The van der Waals surface area contributed by atoms with Crippen molar-refractivity contribution in [3.63, 3.8) is 0 Å². The summed E-state index contributed by atoms with van der Waals surface area (Å²) in [7, 11) is -2.05. The van der Waals surface area contributed by atoms with Crippen molar-refractivity contribution >= 4 is 37.3 Å². The lowest BCUT2D eigenvalue weighted by Gasteiger charge is -2.00. The molecule has 5 nitrogen and oxygen atoms in total. The van der Waals surface area contributed by atoms with Crippen LogP contribution in [0.5, 0.6) is 0 Å². The standard InChI is InChI=1S/C16H13FN2O3S2/c1-19-13-8-7-11(17)9-14(13)23-16(19)18-15(20)10-24(21,22)12-5-3-2-4-6-12/h2-9H,10H2,1H3. The largest absolute Gasteiger partial charge is 0.319 e. The van der Waals surface area contributed by atoms with Crippen LogP contribution in [-0.2, 0) is 21.7 Å². The van der Waals surface area contributed by atoms with E-state index in [2.05, 4.69) is 4.99 Å². The van der Waals surface area contributed by atoms with Gasteiger partial charge in [-0.1, -0.05) is 29.5 Å². The van der Waals surface area contributed by atoms with Crippen molar-refractivity contribution in [3.8, 4) is 0 Å². The van der Waals surface area contributed by atoms with Gasteiger partial charge in [-0.2, -0.15) is 4.99 Å². The molecule has 0 fully saturated rings. The van der Waals surface area contributed by atoms with E-state index in [4.69, 9.17) is 0 Å². The molecule has 0 saturated carbocycles. The van der Waals surface area contributed by atoms with Gasteiger partial charge in [0.1, 0.15) is 11.6 Å². The molecule has 0 spiro atoms. The SMILES string of the molecule is Cn1c(=NC(=O)CS(=O)(=O)c2ccccc2)sc2cc(F)ccc21. The number of benzene rings is 2. The van der Waals surface area contributed by atoms with Crippen LogP contribution in [-0.4, -0.2) is 24.6 Å². The molecule has 0 bridgehead atoms. The monoisotopic (exact) mass is 364 g/mol. The van der Waals surface area contributed by atoms with Crippen LogP contribution in [0.2, 0.25) is 0 Å². The second kappa shape index (κ2) is 6.29. The molecule has 0 unspecified atom stereocenters. The number of halogens is 1. The Morgan fingerprint density at radius 2 is 1.92 bits per heavy atom. The lowest BCUT2D eigenvalue weighted by atomic mass is 10.3. The number of carbonyl (C=O) groups is 1. The van der Waals surface area contributed by atoms with Crippen LogP contribution in [0.3, 0.4) is 0 Å². The molecule has 0 aliphatic heterocycles. The second-order valence-electron chi connectivity index (χ2n) is 5.13. The lowest BCUT2D eigenvalue weighted by Crippen LogP contribution is -2.19. The number of thiazole rings is 1. The molecule has 8 heteroatoms. The zero-order chi connectivity index (χ0) is 17.3. The van der Waals surface area contributed by atoms with Crippen LogP contribution in [0.25, 0.3) is 10.2 Å². The van der Waals surface area contributed by atoms with Gasteiger partial charge in [-0.25, -0.2) is 12.8 Å². The molecule has 1 heterocycles. The van der Waals surface area contributed by atoms with Crippen molar-refractivity contribution < 1.29 is 17.6 Å². The molecule has 24 heavy (non-hydrogen) atoms. The number of fused-ring (bicyclic) bond motifs is 1. The summed E-state index contributed by atoms with van der Waals surface area (Å²) in [6.07, 6.45) is 0. The zero-order valence-corrected chi connectivity index (χ0v) is 14.3. The molecule has 2 aromatic carbocycles. The van der Waals surface area contributed by atoms with Crippen molar-refractivity contribution in [1.82, 2.24) is 4.57 Å². The minimum atomic E-state index is -3.74. The highest BCUT2D eigenvalue weighted by Crippen LogP contribution is 2.17. The van der Waals surface area contributed by atoms with Crippen molar-refractivity contribution in [2.45, 2.75) is 4.90 Å². The van der Waals surface area contributed by atoms with Crippen molar-refractivity contribution in [2.75, 3.05) is 5.75 Å². The maximum Gasteiger partial charge on any atom is 0.263 e. The highest BCUT2D eigenvalue weighted by atomic mass is 32.2. The predicted octanol–water partition coefficient (Wildman–Crippen LogP) is 2.28. The Bertz CT molecular complexity index is 1080. The van der Waals surface area contributed by atoms with E-state index in [1.165, 1.54) is 24.3 Å². The Kier molecular flexibility index (Phi) is 4.33. The van der Waals surface area contributed by atoms with E-state index in [9.17, 15) is 17.6 Å². The van der Waals surface area contributed by atoms with Crippen LogP contribution in [0.1, 0.15) is 0 Å². The summed E-state index contributed by atoms with van der Waals surface area (Å²) in [5.74, 6) is -1.85. The van der Waals surface area contributed by atoms with Gasteiger partial charge in [-0.15, -0.1) is 0 Å². The van der Waals surface area contributed by atoms with Crippen LogP contribution in [0.4, 0.5) is 4.39 Å². The lowest BCUT2D eigenvalue weighted by molar-refractivity contribution is -0.115. The number of rotatable bonds is 3. The summed E-state index contributed by atoms with van der Waals surface area (Å²) in [5, 5.41) is 0.